The molecule has 0 amide bonds. The lowest BCUT2D eigenvalue weighted by Crippen LogP contribution is -2.12. The summed E-state index contributed by atoms with van der Waals surface area (Å²) in [6.45, 7) is 2.59. The first kappa shape index (κ1) is 13.2. The minimum absolute atomic E-state index is 0.0276. The van der Waals surface area contributed by atoms with Gasteiger partial charge in [-0.05, 0) is 37.3 Å². The summed E-state index contributed by atoms with van der Waals surface area (Å²) in [5.41, 5.74) is 8.60. The highest BCUT2D eigenvalue weighted by atomic mass is 16.5. The number of rotatable bonds is 4. The minimum atomic E-state index is -0.0276. The number of hydrogen-bond acceptors (Lipinski definition) is 3. The highest BCUT2D eigenvalue weighted by Gasteiger charge is 2.09. The summed E-state index contributed by atoms with van der Waals surface area (Å²) < 4.78 is 7.41. The molecule has 0 bridgehead atoms. The summed E-state index contributed by atoms with van der Waals surface area (Å²) in [6.07, 6.45) is 1.98. The molecule has 0 saturated carbocycles. The van der Waals surface area contributed by atoms with E-state index in [0.717, 1.165) is 17.0 Å². The van der Waals surface area contributed by atoms with Gasteiger partial charge in [0.1, 0.15) is 5.75 Å². The van der Waals surface area contributed by atoms with E-state index in [9.17, 15) is 0 Å². The maximum absolute atomic E-state index is 8.98. The first-order valence-electron chi connectivity index (χ1n) is 6.13. The second-order valence-corrected chi connectivity index (χ2v) is 4.49. The Labute approximate surface area is 113 Å². The van der Waals surface area contributed by atoms with Gasteiger partial charge in [-0.3, -0.25) is 0 Å². The molecule has 0 radical (unpaired) electrons. The van der Waals surface area contributed by atoms with Gasteiger partial charge in [0, 0.05) is 23.5 Å². The van der Waals surface area contributed by atoms with Gasteiger partial charge in [0.05, 0.1) is 25.3 Å². The molecule has 1 unspecified atom stereocenters. The highest BCUT2D eigenvalue weighted by molar-refractivity contribution is 5.42. The lowest BCUT2D eigenvalue weighted by atomic mass is 10.1. The van der Waals surface area contributed by atoms with Gasteiger partial charge in [-0.1, -0.05) is 0 Å². The molecule has 0 aliphatic carbocycles. The molecule has 0 spiro atoms. The molecule has 1 aromatic carbocycles. The van der Waals surface area contributed by atoms with Crippen LogP contribution in [0.15, 0.2) is 36.5 Å². The Kier molecular flexibility index (Phi) is 3.88. The van der Waals surface area contributed by atoms with Crippen molar-refractivity contribution in [1.82, 2.24) is 4.57 Å². The zero-order valence-electron chi connectivity index (χ0n) is 11.1. The van der Waals surface area contributed by atoms with Crippen molar-refractivity contribution in [3.05, 3.63) is 53.3 Å². The van der Waals surface area contributed by atoms with Crippen molar-refractivity contribution < 1.29 is 4.74 Å². The van der Waals surface area contributed by atoms with Gasteiger partial charge in [-0.15, -0.1) is 0 Å². The van der Waals surface area contributed by atoms with Crippen molar-refractivity contribution in [1.29, 1.82) is 5.26 Å². The van der Waals surface area contributed by atoms with Crippen LogP contribution < -0.4 is 10.5 Å². The number of nitrogens with zero attached hydrogens (tertiary/aromatic N) is 2. The Morgan fingerprint density at radius 1 is 1.42 bits per heavy atom. The van der Waals surface area contributed by atoms with E-state index >= 15 is 0 Å². The normalized spacial score (nSPS) is 11.9. The van der Waals surface area contributed by atoms with Crippen molar-refractivity contribution in [2.75, 3.05) is 7.11 Å². The fourth-order valence-corrected chi connectivity index (χ4v) is 2.14. The van der Waals surface area contributed by atoms with E-state index in [1.807, 2.05) is 37.4 Å². The third kappa shape index (κ3) is 2.78. The van der Waals surface area contributed by atoms with Gasteiger partial charge in [0.25, 0.3) is 0 Å². The van der Waals surface area contributed by atoms with Crippen LogP contribution in [0.2, 0.25) is 0 Å². The first-order valence-corrected chi connectivity index (χ1v) is 6.13. The Balaban J connectivity index is 2.37. The van der Waals surface area contributed by atoms with Crippen molar-refractivity contribution in [3.8, 4) is 11.8 Å². The smallest absolute Gasteiger partial charge is 0.123 e. The topological polar surface area (TPSA) is 64.0 Å². The molecule has 98 valence electrons. The zero-order chi connectivity index (χ0) is 13.8. The maximum Gasteiger partial charge on any atom is 0.123 e. The molecular weight excluding hydrogens is 238 g/mol. The predicted molar refractivity (Wildman–Crippen MR) is 73.8 cm³/mol. The molecule has 1 atom stereocenters. The molecule has 2 aromatic rings. The Morgan fingerprint density at radius 2 is 2.21 bits per heavy atom. The molecule has 0 fully saturated rings. The third-order valence-electron chi connectivity index (χ3n) is 3.08. The largest absolute Gasteiger partial charge is 0.496 e. The summed E-state index contributed by atoms with van der Waals surface area (Å²) >= 11 is 0. The summed E-state index contributed by atoms with van der Waals surface area (Å²) in [7, 11) is 1.63. The average molecular weight is 255 g/mol. The fraction of sp³-hybridized carbons (Fsp3) is 0.267. The summed E-state index contributed by atoms with van der Waals surface area (Å²) in [5.74, 6) is 0.781. The van der Waals surface area contributed by atoms with Crippen molar-refractivity contribution in [3.63, 3.8) is 0 Å². The lowest BCUT2D eigenvalue weighted by Gasteiger charge is -2.14. The van der Waals surface area contributed by atoms with Crippen LogP contribution >= 0.6 is 0 Å². The number of nitrogens with two attached hydrogens (primary N) is 1. The Bertz CT molecular complexity index is 608. The van der Waals surface area contributed by atoms with Crippen molar-refractivity contribution in [2.45, 2.75) is 19.5 Å². The molecular formula is C15H17N3O. The molecule has 0 aliphatic rings. The number of aromatic nitrogens is 1. The van der Waals surface area contributed by atoms with Gasteiger partial charge < -0.3 is 15.0 Å². The van der Waals surface area contributed by atoms with E-state index in [1.165, 1.54) is 0 Å². The second kappa shape index (κ2) is 5.59. The van der Waals surface area contributed by atoms with Crippen LogP contribution in [0, 0.1) is 11.3 Å². The van der Waals surface area contributed by atoms with Gasteiger partial charge in [-0.25, -0.2) is 0 Å². The summed E-state index contributed by atoms with van der Waals surface area (Å²) in [5, 5.41) is 8.98. The fourth-order valence-electron chi connectivity index (χ4n) is 2.14. The van der Waals surface area contributed by atoms with Crippen LogP contribution in [0.1, 0.15) is 29.8 Å². The van der Waals surface area contributed by atoms with Crippen LogP contribution in [0.3, 0.4) is 0 Å². The van der Waals surface area contributed by atoms with Gasteiger partial charge in [0.2, 0.25) is 0 Å². The Morgan fingerprint density at radius 3 is 2.84 bits per heavy atom. The molecule has 2 rings (SSSR count). The van der Waals surface area contributed by atoms with Crippen LogP contribution in [0.25, 0.3) is 0 Å². The number of hydrogen-bond donors (Lipinski definition) is 1. The molecule has 4 heteroatoms. The van der Waals surface area contributed by atoms with E-state index in [2.05, 4.69) is 10.6 Å². The van der Waals surface area contributed by atoms with E-state index in [1.54, 1.807) is 13.2 Å². The number of methoxy groups -OCH3 is 1. The third-order valence-corrected chi connectivity index (χ3v) is 3.08. The number of benzene rings is 1. The van der Waals surface area contributed by atoms with Crippen molar-refractivity contribution >= 4 is 0 Å². The minimum Gasteiger partial charge on any atom is -0.496 e. The molecule has 1 aromatic heterocycles. The zero-order valence-corrected chi connectivity index (χ0v) is 11.1. The van der Waals surface area contributed by atoms with Crippen LogP contribution in [0.5, 0.6) is 5.75 Å². The van der Waals surface area contributed by atoms with Gasteiger partial charge in [-0.2, -0.15) is 5.26 Å². The monoisotopic (exact) mass is 255 g/mol. The van der Waals surface area contributed by atoms with Crippen LogP contribution in [-0.2, 0) is 6.54 Å². The summed E-state index contributed by atoms with van der Waals surface area (Å²) in [6, 6.07) is 11.5. The molecule has 19 heavy (non-hydrogen) atoms. The van der Waals surface area contributed by atoms with E-state index < -0.39 is 0 Å². The molecule has 0 aliphatic heterocycles. The van der Waals surface area contributed by atoms with Crippen LogP contribution in [0.4, 0.5) is 0 Å². The lowest BCUT2D eigenvalue weighted by molar-refractivity contribution is 0.408. The van der Waals surface area contributed by atoms with E-state index in [-0.39, 0.29) is 6.04 Å². The molecule has 1 heterocycles. The number of nitriles is 1. The maximum atomic E-state index is 8.98. The highest BCUT2D eigenvalue weighted by Crippen LogP contribution is 2.22. The standard InChI is InChI=1S/C15H17N3O/c1-11(17)14-4-3-7-18(14)10-13-8-12(9-16)5-6-15(13)19-2/h3-8,11H,10,17H2,1-2H3. The second-order valence-electron chi connectivity index (χ2n) is 4.49. The SMILES string of the molecule is COc1ccc(C#N)cc1Cn1cccc1C(C)N. The first-order chi connectivity index (χ1) is 9.15. The predicted octanol–water partition coefficient (Wildman–Crippen LogP) is 2.44. The molecule has 0 saturated heterocycles. The van der Waals surface area contributed by atoms with E-state index in [0.29, 0.717) is 12.1 Å². The van der Waals surface area contributed by atoms with Gasteiger partial charge >= 0.3 is 0 Å². The number of ether oxygens (including phenoxy) is 1. The molecule has 4 nitrogen and oxygen atoms in total. The van der Waals surface area contributed by atoms with Gasteiger partial charge in [0.15, 0.2) is 0 Å². The molecule has 2 N–H and O–H groups in total. The van der Waals surface area contributed by atoms with Crippen LogP contribution in [-0.4, -0.2) is 11.7 Å². The quantitative estimate of drug-likeness (QED) is 0.912. The summed E-state index contributed by atoms with van der Waals surface area (Å²) in [4.78, 5) is 0. The van der Waals surface area contributed by atoms with E-state index in [4.69, 9.17) is 15.7 Å². The Hall–Kier alpha value is -2.25. The average Bonchev–Trinajstić information content (AvgIpc) is 2.87. The van der Waals surface area contributed by atoms with Crippen molar-refractivity contribution in [2.24, 2.45) is 5.73 Å².